The molecule has 2 unspecified atom stereocenters. The van der Waals surface area contributed by atoms with Crippen LogP contribution >= 0.6 is 0 Å². The quantitative estimate of drug-likeness (QED) is 0.897. The molecule has 0 spiro atoms. The lowest BCUT2D eigenvalue weighted by Gasteiger charge is -2.22. The molecule has 1 aromatic heterocycles. The number of phenolic OH excluding ortho intramolecular Hbond substituents is 1. The standard InChI is InChI=1S/C16H17N3O3/c20-12-3-1-2-10(6-12)14-7-17-16(22-14)15(21)18-13-9-19-5-4-11(13)8-19/h1-3,6-7,11,13,20H,4-5,8-9H2,(H,18,21)/t11-,13?/m0/s1. The summed E-state index contributed by atoms with van der Waals surface area (Å²) in [6.45, 7) is 3.12. The number of carbonyl (C=O) groups excluding carboxylic acids is 1. The summed E-state index contributed by atoms with van der Waals surface area (Å²) in [5, 5.41) is 12.5. The molecule has 2 N–H and O–H groups in total. The lowest BCUT2D eigenvalue weighted by atomic mass is 10.0. The molecule has 0 saturated carbocycles. The molecule has 2 fully saturated rings. The number of fused-ring (bicyclic) bond motifs is 2. The molecule has 2 aromatic rings. The second kappa shape index (κ2) is 5.14. The Morgan fingerprint density at radius 3 is 3.05 bits per heavy atom. The van der Waals surface area contributed by atoms with Crippen LogP contribution in [0.25, 0.3) is 11.3 Å². The number of aromatic nitrogens is 1. The number of hydrogen-bond acceptors (Lipinski definition) is 5. The fraction of sp³-hybridized carbons (Fsp3) is 0.375. The fourth-order valence-corrected chi connectivity index (χ4v) is 3.35. The van der Waals surface area contributed by atoms with Crippen LogP contribution in [0.4, 0.5) is 0 Å². The van der Waals surface area contributed by atoms with Crippen LogP contribution < -0.4 is 5.32 Å². The van der Waals surface area contributed by atoms with E-state index in [0.29, 0.717) is 17.2 Å². The third-order valence-electron chi connectivity index (χ3n) is 4.48. The van der Waals surface area contributed by atoms with Gasteiger partial charge in [-0.05, 0) is 31.0 Å². The Bertz CT molecular complexity index is 712. The van der Waals surface area contributed by atoms with Gasteiger partial charge in [-0.15, -0.1) is 0 Å². The van der Waals surface area contributed by atoms with E-state index in [-0.39, 0.29) is 23.6 Å². The van der Waals surface area contributed by atoms with E-state index in [2.05, 4.69) is 15.2 Å². The molecule has 6 heteroatoms. The fourth-order valence-electron chi connectivity index (χ4n) is 3.35. The number of amides is 1. The maximum absolute atomic E-state index is 12.3. The zero-order chi connectivity index (χ0) is 15.1. The summed E-state index contributed by atoms with van der Waals surface area (Å²) >= 11 is 0. The van der Waals surface area contributed by atoms with Crippen molar-refractivity contribution in [3.8, 4) is 17.1 Å². The van der Waals surface area contributed by atoms with E-state index in [0.717, 1.165) is 26.1 Å². The largest absolute Gasteiger partial charge is 0.508 e. The van der Waals surface area contributed by atoms with Crippen molar-refractivity contribution in [1.82, 2.24) is 15.2 Å². The third kappa shape index (κ3) is 2.35. The molecule has 22 heavy (non-hydrogen) atoms. The summed E-state index contributed by atoms with van der Waals surface area (Å²) in [6, 6.07) is 6.86. The lowest BCUT2D eigenvalue weighted by Crippen LogP contribution is -2.43. The van der Waals surface area contributed by atoms with E-state index in [9.17, 15) is 9.90 Å². The molecule has 0 radical (unpaired) electrons. The van der Waals surface area contributed by atoms with Crippen molar-refractivity contribution in [2.24, 2.45) is 5.92 Å². The van der Waals surface area contributed by atoms with Gasteiger partial charge >= 0.3 is 5.91 Å². The van der Waals surface area contributed by atoms with Crippen LogP contribution in [0, 0.1) is 5.92 Å². The number of nitrogens with zero attached hydrogens (tertiary/aromatic N) is 2. The summed E-state index contributed by atoms with van der Waals surface area (Å²) in [7, 11) is 0. The predicted octanol–water partition coefficient (Wildman–Crippen LogP) is 1.48. The number of phenols is 1. The molecule has 0 aliphatic carbocycles. The smallest absolute Gasteiger partial charge is 0.307 e. The van der Waals surface area contributed by atoms with Crippen LogP contribution in [0.3, 0.4) is 0 Å². The molecule has 2 aliphatic rings. The molecule has 3 heterocycles. The van der Waals surface area contributed by atoms with Gasteiger partial charge in [0.15, 0.2) is 5.76 Å². The van der Waals surface area contributed by atoms with E-state index in [1.807, 2.05) is 0 Å². The zero-order valence-corrected chi connectivity index (χ0v) is 12.0. The molecule has 2 aliphatic heterocycles. The average Bonchev–Trinajstić information content (AvgIpc) is 3.23. The van der Waals surface area contributed by atoms with Crippen LogP contribution in [0.5, 0.6) is 5.75 Å². The van der Waals surface area contributed by atoms with Gasteiger partial charge in [-0.25, -0.2) is 4.98 Å². The summed E-state index contributed by atoms with van der Waals surface area (Å²) < 4.78 is 5.53. The van der Waals surface area contributed by atoms with E-state index in [4.69, 9.17) is 4.42 Å². The maximum Gasteiger partial charge on any atom is 0.307 e. The molecule has 114 valence electrons. The zero-order valence-electron chi connectivity index (χ0n) is 12.0. The molecule has 2 bridgehead atoms. The number of hydrogen-bond donors (Lipinski definition) is 2. The van der Waals surface area contributed by atoms with Crippen molar-refractivity contribution >= 4 is 5.91 Å². The average molecular weight is 299 g/mol. The molecule has 2 saturated heterocycles. The molecule has 1 aromatic carbocycles. The van der Waals surface area contributed by atoms with Gasteiger partial charge in [0.05, 0.1) is 6.20 Å². The first-order valence-corrected chi connectivity index (χ1v) is 7.47. The lowest BCUT2D eigenvalue weighted by molar-refractivity contribution is 0.0890. The number of carbonyl (C=O) groups is 1. The minimum atomic E-state index is -0.273. The van der Waals surface area contributed by atoms with Crippen LogP contribution in [0.2, 0.25) is 0 Å². The predicted molar refractivity (Wildman–Crippen MR) is 79.4 cm³/mol. The molecular formula is C16H17N3O3. The minimum Gasteiger partial charge on any atom is -0.508 e. The Hall–Kier alpha value is -2.34. The normalized spacial score (nSPS) is 26.3. The van der Waals surface area contributed by atoms with Crippen molar-refractivity contribution in [3.63, 3.8) is 0 Å². The van der Waals surface area contributed by atoms with Crippen LogP contribution in [-0.2, 0) is 0 Å². The van der Waals surface area contributed by atoms with Gasteiger partial charge < -0.3 is 19.7 Å². The number of nitrogens with one attached hydrogen (secondary N) is 1. The minimum absolute atomic E-state index is 0.0658. The van der Waals surface area contributed by atoms with E-state index in [1.54, 1.807) is 24.3 Å². The number of piperidine rings is 1. The van der Waals surface area contributed by atoms with Crippen molar-refractivity contribution in [2.75, 3.05) is 19.6 Å². The van der Waals surface area contributed by atoms with Crippen LogP contribution in [-0.4, -0.2) is 46.6 Å². The first-order chi connectivity index (χ1) is 10.7. The number of aromatic hydroxyl groups is 1. The molecule has 1 amide bonds. The van der Waals surface area contributed by atoms with Crippen molar-refractivity contribution in [2.45, 2.75) is 12.5 Å². The second-order valence-electron chi connectivity index (χ2n) is 5.97. The maximum atomic E-state index is 12.3. The molecule has 6 nitrogen and oxygen atoms in total. The highest BCUT2D eigenvalue weighted by Gasteiger charge is 2.39. The Kier molecular flexibility index (Phi) is 3.11. The summed E-state index contributed by atoms with van der Waals surface area (Å²) in [5.74, 6) is 0.958. The van der Waals surface area contributed by atoms with Gasteiger partial charge in [-0.2, -0.15) is 0 Å². The number of rotatable bonds is 3. The monoisotopic (exact) mass is 299 g/mol. The Labute approximate surface area is 127 Å². The molecule has 3 atom stereocenters. The number of oxazole rings is 1. The van der Waals surface area contributed by atoms with Gasteiger partial charge in [-0.1, -0.05) is 12.1 Å². The van der Waals surface area contributed by atoms with Crippen molar-refractivity contribution < 1.29 is 14.3 Å². The Balaban J connectivity index is 1.48. The highest BCUT2D eigenvalue weighted by atomic mass is 16.4. The van der Waals surface area contributed by atoms with Crippen molar-refractivity contribution in [3.05, 3.63) is 36.4 Å². The number of benzene rings is 1. The molecular weight excluding hydrogens is 282 g/mol. The summed E-state index contributed by atoms with van der Waals surface area (Å²) in [6.07, 6.45) is 2.65. The SMILES string of the molecule is O=C(NC1CN2CC[C@H]1C2)c1ncc(-c2cccc(O)c2)o1. The van der Waals surface area contributed by atoms with Gasteiger partial charge in [0.25, 0.3) is 5.89 Å². The second-order valence-corrected chi connectivity index (χ2v) is 5.97. The first kappa shape index (κ1) is 13.3. The highest BCUT2D eigenvalue weighted by Crippen LogP contribution is 2.28. The van der Waals surface area contributed by atoms with Gasteiger partial charge in [0.2, 0.25) is 0 Å². The molecule has 4 rings (SSSR count). The Morgan fingerprint density at radius 2 is 2.32 bits per heavy atom. The van der Waals surface area contributed by atoms with E-state index in [1.165, 1.54) is 6.20 Å². The van der Waals surface area contributed by atoms with Crippen molar-refractivity contribution in [1.29, 1.82) is 0 Å². The van der Waals surface area contributed by atoms with E-state index >= 15 is 0 Å². The van der Waals surface area contributed by atoms with Crippen LogP contribution in [0.1, 0.15) is 17.1 Å². The third-order valence-corrected chi connectivity index (χ3v) is 4.48. The highest BCUT2D eigenvalue weighted by molar-refractivity contribution is 5.90. The van der Waals surface area contributed by atoms with E-state index < -0.39 is 0 Å². The topological polar surface area (TPSA) is 78.6 Å². The van der Waals surface area contributed by atoms with Crippen LogP contribution in [0.15, 0.2) is 34.9 Å². The van der Waals surface area contributed by atoms with Gasteiger partial charge in [-0.3, -0.25) is 4.79 Å². The first-order valence-electron chi connectivity index (χ1n) is 7.47. The van der Waals surface area contributed by atoms with Gasteiger partial charge in [0.1, 0.15) is 5.75 Å². The Morgan fingerprint density at radius 1 is 1.41 bits per heavy atom. The summed E-state index contributed by atoms with van der Waals surface area (Å²) in [4.78, 5) is 18.7. The van der Waals surface area contributed by atoms with Gasteiger partial charge in [0, 0.05) is 24.7 Å². The summed E-state index contributed by atoms with van der Waals surface area (Å²) in [5.41, 5.74) is 0.692.